The van der Waals surface area contributed by atoms with Gasteiger partial charge in [-0.15, -0.1) is 0 Å². The third-order valence-electron chi connectivity index (χ3n) is 3.79. The first-order chi connectivity index (χ1) is 11.2. The summed E-state index contributed by atoms with van der Waals surface area (Å²) in [6.07, 6.45) is 3.68. The Morgan fingerprint density at radius 3 is 2.65 bits per heavy atom. The minimum Gasteiger partial charge on any atom is -0.324 e. The van der Waals surface area contributed by atoms with Crippen molar-refractivity contribution < 1.29 is 0 Å². The minimum atomic E-state index is -0.0864. The van der Waals surface area contributed by atoms with Gasteiger partial charge in [0.05, 0.1) is 0 Å². The van der Waals surface area contributed by atoms with Crippen LogP contribution in [0.2, 0.25) is 5.02 Å². The number of hydrogen-bond acceptors (Lipinski definition) is 3. The van der Waals surface area contributed by atoms with Crippen LogP contribution in [0, 0.1) is 3.57 Å². The lowest BCUT2D eigenvalue weighted by molar-refractivity contribution is 0.612. The van der Waals surface area contributed by atoms with Gasteiger partial charge in [0.25, 0.3) is 0 Å². The average molecular weight is 435 g/mol. The smallest absolute Gasteiger partial charge is 0.226 e. The van der Waals surface area contributed by atoms with E-state index in [1.165, 1.54) is 3.57 Å². The summed E-state index contributed by atoms with van der Waals surface area (Å²) < 4.78 is 3.05. The second-order valence-electron chi connectivity index (χ2n) is 5.21. The van der Waals surface area contributed by atoms with Gasteiger partial charge in [0.1, 0.15) is 12.4 Å². The number of nitrogens with zero attached hydrogens (tertiary/aromatic N) is 3. The standard InChI is InChI=1S/C17H12ClIN4/c18-14-4-2-1-3-13(14)16-9-15(11-5-7-12(19)8-6-11)22-17-20-10-21-23(16)17/h1-10,16H,(H,20,21,22)/t16-/m0/s1. The van der Waals surface area contributed by atoms with Gasteiger partial charge in [-0.05, 0) is 58.0 Å². The molecule has 2 aromatic carbocycles. The highest BCUT2D eigenvalue weighted by Crippen LogP contribution is 2.34. The molecule has 0 unspecified atom stereocenters. The first-order valence-electron chi connectivity index (χ1n) is 7.11. The molecule has 0 aliphatic carbocycles. The second-order valence-corrected chi connectivity index (χ2v) is 6.86. The van der Waals surface area contributed by atoms with Crippen LogP contribution in [0.25, 0.3) is 5.70 Å². The predicted molar refractivity (Wildman–Crippen MR) is 100 cm³/mol. The van der Waals surface area contributed by atoms with E-state index in [0.717, 1.165) is 21.8 Å². The summed E-state index contributed by atoms with van der Waals surface area (Å²) in [4.78, 5) is 4.31. The number of benzene rings is 2. The molecule has 4 nitrogen and oxygen atoms in total. The zero-order valence-corrected chi connectivity index (χ0v) is 14.9. The Morgan fingerprint density at radius 2 is 1.87 bits per heavy atom. The summed E-state index contributed by atoms with van der Waals surface area (Å²) in [6.45, 7) is 0. The molecule has 23 heavy (non-hydrogen) atoms. The molecule has 0 spiro atoms. The van der Waals surface area contributed by atoms with Gasteiger partial charge < -0.3 is 5.32 Å². The van der Waals surface area contributed by atoms with Gasteiger partial charge in [-0.3, -0.25) is 0 Å². The molecule has 1 aliphatic heterocycles. The number of hydrogen-bond donors (Lipinski definition) is 1. The van der Waals surface area contributed by atoms with Crippen LogP contribution >= 0.6 is 34.2 Å². The van der Waals surface area contributed by atoms with Crippen LogP contribution in [0.1, 0.15) is 17.2 Å². The van der Waals surface area contributed by atoms with Gasteiger partial charge in [-0.2, -0.15) is 10.1 Å². The van der Waals surface area contributed by atoms with E-state index in [9.17, 15) is 0 Å². The lowest BCUT2D eigenvalue weighted by Gasteiger charge is -2.25. The normalized spacial score (nSPS) is 16.4. The minimum absolute atomic E-state index is 0.0864. The number of halogens is 2. The molecule has 1 atom stereocenters. The summed E-state index contributed by atoms with van der Waals surface area (Å²) in [5.74, 6) is 0.714. The SMILES string of the molecule is Clc1ccccc1[C@@H]1C=C(c2ccc(I)cc2)Nc2ncnn21. The van der Waals surface area contributed by atoms with Crippen molar-refractivity contribution in [3.63, 3.8) is 0 Å². The van der Waals surface area contributed by atoms with Crippen molar-refractivity contribution in [2.45, 2.75) is 6.04 Å². The molecule has 0 fully saturated rings. The maximum absolute atomic E-state index is 6.39. The zero-order chi connectivity index (χ0) is 15.8. The van der Waals surface area contributed by atoms with Crippen molar-refractivity contribution in [3.8, 4) is 0 Å². The van der Waals surface area contributed by atoms with E-state index in [-0.39, 0.29) is 6.04 Å². The third-order valence-corrected chi connectivity index (χ3v) is 4.85. The molecule has 1 aromatic heterocycles. The van der Waals surface area contributed by atoms with Gasteiger partial charge in [0, 0.05) is 14.3 Å². The van der Waals surface area contributed by atoms with E-state index in [1.807, 2.05) is 28.9 Å². The fourth-order valence-electron chi connectivity index (χ4n) is 2.67. The Balaban J connectivity index is 1.83. The Kier molecular flexibility index (Phi) is 3.82. The van der Waals surface area contributed by atoms with Gasteiger partial charge >= 0.3 is 0 Å². The van der Waals surface area contributed by atoms with Crippen LogP contribution in [0.4, 0.5) is 5.95 Å². The predicted octanol–water partition coefficient (Wildman–Crippen LogP) is 4.59. The molecule has 0 saturated carbocycles. The van der Waals surface area contributed by atoms with E-state index < -0.39 is 0 Å². The summed E-state index contributed by atoms with van der Waals surface area (Å²) in [7, 11) is 0. The van der Waals surface area contributed by atoms with Crippen molar-refractivity contribution in [2.24, 2.45) is 0 Å². The van der Waals surface area contributed by atoms with E-state index in [1.54, 1.807) is 6.33 Å². The molecule has 114 valence electrons. The van der Waals surface area contributed by atoms with Crippen molar-refractivity contribution in [3.05, 3.63) is 80.7 Å². The van der Waals surface area contributed by atoms with E-state index in [4.69, 9.17) is 11.6 Å². The lowest BCUT2D eigenvalue weighted by atomic mass is 10.0. The van der Waals surface area contributed by atoms with Crippen LogP contribution in [0.5, 0.6) is 0 Å². The molecule has 2 heterocycles. The van der Waals surface area contributed by atoms with Crippen LogP contribution in [0.3, 0.4) is 0 Å². The van der Waals surface area contributed by atoms with E-state index >= 15 is 0 Å². The average Bonchev–Trinajstić information content (AvgIpc) is 3.04. The van der Waals surface area contributed by atoms with E-state index in [0.29, 0.717) is 5.95 Å². The molecular formula is C17H12ClIN4. The van der Waals surface area contributed by atoms with Gasteiger partial charge in [0.15, 0.2) is 0 Å². The van der Waals surface area contributed by atoms with Crippen LogP contribution < -0.4 is 5.32 Å². The maximum Gasteiger partial charge on any atom is 0.226 e. The van der Waals surface area contributed by atoms with Crippen molar-refractivity contribution in [1.82, 2.24) is 14.8 Å². The molecule has 6 heteroatoms. The fraction of sp³-hybridized carbons (Fsp3) is 0.0588. The van der Waals surface area contributed by atoms with Gasteiger partial charge in [-0.1, -0.05) is 41.9 Å². The molecule has 1 N–H and O–H groups in total. The number of aromatic nitrogens is 3. The Bertz CT molecular complexity index is 886. The monoisotopic (exact) mass is 434 g/mol. The fourth-order valence-corrected chi connectivity index (χ4v) is 3.28. The number of nitrogens with one attached hydrogen (secondary N) is 1. The third kappa shape index (κ3) is 2.74. The highest BCUT2D eigenvalue weighted by Gasteiger charge is 2.24. The lowest BCUT2D eigenvalue weighted by Crippen LogP contribution is -2.20. The molecule has 0 amide bonds. The van der Waals surface area contributed by atoms with Crippen molar-refractivity contribution >= 4 is 45.8 Å². The molecule has 0 bridgehead atoms. The van der Waals surface area contributed by atoms with Crippen LogP contribution in [0.15, 0.2) is 60.9 Å². The van der Waals surface area contributed by atoms with Crippen molar-refractivity contribution in [2.75, 3.05) is 5.32 Å². The number of rotatable bonds is 2. The summed E-state index contributed by atoms with van der Waals surface area (Å²) >= 11 is 8.69. The van der Waals surface area contributed by atoms with Gasteiger partial charge in [0.2, 0.25) is 5.95 Å². The number of fused-ring (bicyclic) bond motifs is 1. The molecule has 3 aromatic rings. The Labute approximate surface area is 152 Å². The molecule has 4 rings (SSSR count). The van der Waals surface area contributed by atoms with Crippen molar-refractivity contribution in [1.29, 1.82) is 0 Å². The molecular weight excluding hydrogens is 423 g/mol. The number of anilines is 1. The van der Waals surface area contributed by atoms with Gasteiger partial charge in [-0.25, -0.2) is 4.68 Å². The Morgan fingerprint density at radius 1 is 1.09 bits per heavy atom. The molecule has 0 radical (unpaired) electrons. The highest BCUT2D eigenvalue weighted by atomic mass is 127. The highest BCUT2D eigenvalue weighted by molar-refractivity contribution is 14.1. The summed E-state index contributed by atoms with van der Waals surface area (Å²) in [5.41, 5.74) is 3.12. The first kappa shape index (κ1) is 14.7. The summed E-state index contributed by atoms with van der Waals surface area (Å²) in [6, 6.07) is 16.1. The largest absolute Gasteiger partial charge is 0.324 e. The Hall–Kier alpha value is -1.86. The van der Waals surface area contributed by atoms with Crippen LogP contribution in [-0.4, -0.2) is 14.8 Å². The topological polar surface area (TPSA) is 42.7 Å². The first-order valence-corrected chi connectivity index (χ1v) is 8.57. The molecule has 0 saturated heterocycles. The maximum atomic E-state index is 6.39. The molecule has 1 aliphatic rings. The summed E-state index contributed by atoms with van der Waals surface area (Å²) in [5, 5.41) is 8.39. The number of allylic oxidation sites excluding steroid dienone is 1. The quantitative estimate of drug-likeness (QED) is 0.600. The second kappa shape index (κ2) is 5.98. The van der Waals surface area contributed by atoms with E-state index in [2.05, 4.69) is 68.3 Å². The zero-order valence-electron chi connectivity index (χ0n) is 11.9. The van der Waals surface area contributed by atoms with Crippen LogP contribution in [-0.2, 0) is 0 Å².